The number of carbonyl (C=O) groups excluding carboxylic acids is 1. The van der Waals surface area contributed by atoms with Gasteiger partial charge >= 0.3 is 0 Å². The number of thiophene rings is 1. The van der Waals surface area contributed by atoms with Crippen molar-refractivity contribution in [1.82, 2.24) is 10.3 Å². The number of carbonyl (C=O) groups is 1. The highest BCUT2D eigenvalue weighted by Crippen LogP contribution is 2.27. The Morgan fingerprint density at radius 3 is 3.06 bits per heavy atom. The predicted octanol–water partition coefficient (Wildman–Crippen LogP) is 2.37. The van der Waals surface area contributed by atoms with Gasteiger partial charge < -0.3 is 10.4 Å². The summed E-state index contributed by atoms with van der Waals surface area (Å²) < 4.78 is 0. The van der Waals surface area contributed by atoms with Crippen molar-refractivity contribution in [2.45, 2.75) is 19.4 Å². The van der Waals surface area contributed by atoms with E-state index in [0.717, 1.165) is 9.88 Å². The number of aliphatic hydroxyl groups is 1. The lowest BCUT2D eigenvalue weighted by atomic mass is 10.2. The monoisotopic (exact) mass is 282 g/mol. The van der Waals surface area contributed by atoms with Gasteiger partial charge in [-0.15, -0.1) is 22.7 Å². The third kappa shape index (κ3) is 3.16. The van der Waals surface area contributed by atoms with Gasteiger partial charge in [-0.25, -0.2) is 4.98 Å². The Balaban J connectivity index is 2.04. The molecule has 2 aromatic rings. The molecular formula is C12H14N2O2S2. The number of aromatic nitrogens is 1. The summed E-state index contributed by atoms with van der Waals surface area (Å²) in [5.41, 5.74) is 0.438. The number of aliphatic hydroxyl groups excluding tert-OH is 1. The van der Waals surface area contributed by atoms with Gasteiger partial charge in [-0.1, -0.05) is 6.07 Å². The molecule has 0 spiro atoms. The molecule has 1 atom stereocenters. The zero-order valence-electron chi connectivity index (χ0n) is 9.92. The molecule has 18 heavy (non-hydrogen) atoms. The van der Waals surface area contributed by atoms with Crippen LogP contribution in [0.25, 0.3) is 9.88 Å². The van der Waals surface area contributed by atoms with E-state index in [4.69, 9.17) is 5.11 Å². The zero-order chi connectivity index (χ0) is 13.0. The normalized spacial score (nSPS) is 12.3. The number of hydrogen-bond donors (Lipinski definition) is 2. The van der Waals surface area contributed by atoms with E-state index in [2.05, 4.69) is 10.3 Å². The third-order valence-corrected chi connectivity index (χ3v) is 4.29. The Kier molecular flexibility index (Phi) is 4.46. The van der Waals surface area contributed by atoms with E-state index in [1.807, 2.05) is 24.4 Å². The standard InChI is InChI=1S/C12H14N2O2S2/c1-8(4-5-15)13-11(16)9-7-18-12(14-9)10-3-2-6-17-10/h2-3,6-8,15H,4-5H2,1H3,(H,13,16). The van der Waals surface area contributed by atoms with Crippen LogP contribution in [0.3, 0.4) is 0 Å². The second-order valence-corrected chi connectivity index (χ2v) is 5.71. The van der Waals surface area contributed by atoms with Crippen molar-refractivity contribution >= 4 is 28.6 Å². The van der Waals surface area contributed by atoms with Gasteiger partial charge in [0.05, 0.1) is 4.88 Å². The summed E-state index contributed by atoms with van der Waals surface area (Å²) >= 11 is 3.07. The molecule has 4 nitrogen and oxygen atoms in total. The second kappa shape index (κ2) is 6.08. The van der Waals surface area contributed by atoms with Crippen LogP contribution in [0.5, 0.6) is 0 Å². The van der Waals surface area contributed by atoms with Crippen LogP contribution in [-0.2, 0) is 0 Å². The van der Waals surface area contributed by atoms with Crippen LogP contribution in [-0.4, -0.2) is 28.6 Å². The van der Waals surface area contributed by atoms with Crippen molar-refractivity contribution in [2.24, 2.45) is 0 Å². The first kappa shape index (κ1) is 13.2. The molecule has 0 aromatic carbocycles. The fraction of sp³-hybridized carbons (Fsp3) is 0.333. The largest absolute Gasteiger partial charge is 0.396 e. The van der Waals surface area contributed by atoms with Gasteiger partial charge in [0.1, 0.15) is 10.7 Å². The van der Waals surface area contributed by atoms with E-state index in [1.54, 1.807) is 16.7 Å². The minimum atomic E-state index is -0.185. The van der Waals surface area contributed by atoms with Crippen molar-refractivity contribution in [3.8, 4) is 9.88 Å². The average molecular weight is 282 g/mol. The smallest absolute Gasteiger partial charge is 0.270 e. The maximum Gasteiger partial charge on any atom is 0.270 e. The molecule has 2 N–H and O–H groups in total. The van der Waals surface area contributed by atoms with Crippen LogP contribution >= 0.6 is 22.7 Å². The van der Waals surface area contributed by atoms with E-state index in [-0.39, 0.29) is 18.6 Å². The summed E-state index contributed by atoms with van der Waals surface area (Å²) in [5, 5.41) is 16.2. The molecule has 0 saturated heterocycles. The lowest BCUT2D eigenvalue weighted by molar-refractivity contribution is 0.0930. The van der Waals surface area contributed by atoms with Gasteiger partial charge in [0.15, 0.2) is 0 Å². The van der Waals surface area contributed by atoms with Gasteiger partial charge in [0.25, 0.3) is 5.91 Å². The van der Waals surface area contributed by atoms with Crippen LogP contribution in [0.15, 0.2) is 22.9 Å². The van der Waals surface area contributed by atoms with Crippen LogP contribution in [0.4, 0.5) is 0 Å². The molecule has 6 heteroatoms. The summed E-state index contributed by atoms with van der Waals surface area (Å²) in [6.45, 7) is 1.93. The molecular weight excluding hydrogens is 268 g/mol. The van der Waals surface area contributed by atoms with E-state index in [1.165, 1.54) is 11.3 Å². The summed E-state index contributed by atoms with van der Waals surface area (Å²) in [7, 11) is 0. The molecule has 0 fully saturated rings. The minimum absolute atomic E-state index is 0.0469. The van der Waals surface area contributed by atoms with Crippen molar-refractivity contribution in [1.29, 1.82) is 0 Å². The molecule has 0 aliphatic rings. The Hall–Kier alpha value is -1.24. The topological polar surface area (TPSA) is 62.2 Å². The number of hydrogen-bond acceptors (Lipinski definition) is 5. The summed E-state index contributed by atoms with van der Waals surface area (Å²) in [5.74, 6) is -0.185. The highest BCUT2D eigenvalue weighted by atomic mass is 32.1. The SMILES string of the molecule is CC(CCO)NC(=O)c1csc(-c2cccs2)n1. The summed E-state index contributed by atoms with van der Waals surface area (Å²) in [4.78, 5) is 17.3. The maximum absolute atomic E-state index is 11.9. The van der Waals surface area contributed by atoms with Crippen LogP contribution < -0.4 is 5.32 Å². The highest BCUT2D eigenvalue weighted by Gasteiger charge is 2.14. The van der Waals surface area contributed by atoms with E-state index in [9.17, 15) is 4.79 Å². The first-order chi connectivity index (χ1) is 8.70. The fourth-order valence-corrected chi connectivity index (χ4v) is 3.07. The van der Waals surface area contributed by atoms with Crippen molar-refractivity contribution in [3.63, 3.8) is 0 Å². The van der Waals surface area contributed by atoms with Crippen LogP contribution in [0, 0.1) is 0 Å². The van der Waals surface area contributed by atoms with E-state index >= 15 is 0 Å². The van der Waals surface area contributed by atoms with Crippen LogP contribution in [0.1, 0.15) is 23.8 Å². The number of nitrogens with zero attached hydrogens (tertiary/aromatic N) is 1. The third-order valence-electron chi connectivity index (χ3n) is 2.41. The molecule has 0 radical (unpaired) electrons. The number of nitrogens with one attached hydrogen (secondary N) is 1. The van der Waals surface area contributed by atoms with Crippen molar-refractivity contribution in [2.75, 3.05) is 6.61 Å². The Labute approximate surface area is 113 Å². The van der Waals surface area contributed by atoms with Gasteiger partial charge in [-0.3, -0.25) is 4.79 Å². The molecule has 0 aliphatic heterocycles. The highest BCUT2D eigenvalue weighted by molar-refractivity contribution is 7.20. The number of rotatable bonds is 5. The Morgan fingerprint density at radius 2 is 2.39 bits per heavy atom. The minimum Gasteiger partial charge on any atom is -0.396 e. The first-order valence-corrected chi connectivity index (χ1v) is 7.37. The molecule has 2 rings (SSSR count). The van der Waals surface area contributed by atoms with E-state index < -0.39 is 0 Å². The fourth-order valence-electron chi connectivity index (χ4n) is 1.46. The summed E-state index contributed by atoms with van der Waals surface area (Å²) in [6, 6.07) is 3.90. The number of thiazole rings is 1. The van der Waals surface area contributed by atoms with Crippen molar-refractivity contribution < 1.29 is 9.90 Å². The zero-order valence-corrected chi connectivity index (χ0v) is 11.6. The summed E-state index contributed by atoms with van der Waals surface area (Å²) in [6.07, 6.45) is 0.549. The second-order valence-electron chi connectivity index (χ2n) is 3.90. The lowest BCUT2D eigenvalue weighted by Crippen LogP contribution is -2.33. The molecule has 2 heterocycles. The first-order valence-electron chi connectivity index (χ1n) is 5.62. The predicted molar refractivity (Wildman–Crippen MR) is 74.1 cm³/mol. The lowest BCUT2D eigenvalue weighted by Gasteiger charge is -2.10. The van der Waals surface area contributed by atoms with E-state index in [0.29, 0.717) is 12.1 Å². The van der Waals surface area contributed by atoms with Crippen LogP contribution in [0.2, 0.25) is 0 Å². The molecule has 1 amide bonds. The van der Waals surface area contributed by atoms with Gasteiger partial charge in [-0.2, -0.15) is 0 Å². The Bertz CT molecular complexity index is 508. The molecule has 1 unspecified atom stereocenters. The molecule has 0 bridgehead atoms. The molecule has 2 aromatic heterocycles. The van der Waals surface area contributed by atoms with Gasteiger partial charge in [-0.05, 0) is 24.8 Å². The van der Waals surface area contributed by atoms with Gasteiger partial charge in [0, 0.05) is 18.0 Å². The maximum atomic E-state index is 11.9. The quantitative estimate of drug-likeness (QED) is 0.885. The van der Waals surface area contributed by atoms with Crippen molar-refractivity contribution in [3.05, 3.63) is 28.6 Å². The Morgan fingerprint density at radius 1 is 1.56 bits per heavy atom. The van der Waals surface area contributed by atoms with Gasteiger partial charge in [0.2, 0.25) is 0 Å². The molecule has 96 valence electrons. The average Bonchev–Trinajstić information content (AvgIpc) is 3.00. The number of amides is 1. The molecule has 0 aliphatic carbocycles. The molecule has 0 saturated carbocycles.